The van der Waals surface area contributed by atoms with Crippen LogP contribution in [0.5, 0.6) is 0 Å². The van der Waals surface area contributed by atoms with E-state index < -0.39 is 17.9 Å². The summed E-state index contributed by atoms with van der Waals surface area (Å²) in [5, 5.41) is 3.88. The Morgan fingerprint density at radius 2 is 1.92 bits per heavy atom. The summed E-state index contributed by atoms with van der Waals surface area (Å²) in [6.45, 7) is 3.50. The first-order valence-corrected chi connectivity index (χ1v) is 8.13. The molecule has 0 saturated heterocycles. The molecule has 0 aliphatic carbocycles. The van der Waals surface area contributed by atoms with Gasteiger partial charge in [-0.3, -0.25) is 4.98 Å². The summed E-state index contributed by atoms with van der Waals surface area (Å²) in [7, 11) is 0. The summed E-state index contributed by atoms with van der Waals surface area (Å²) in [4.78, 5) is 16.2. The normalized spacial score (nSPS) is 13.0. The number of rotatable bonds is 3. The number of nitrogens with one attached hydrogen (secondary N) is 1. The van der Waals surface area contributed by atoms with Gasteiger partial charge < -0.3 is 5.32 Å². The second kappa shape index (κ2) is 6.55. The maximum absolute atomic E-state index is 12.8. The van der Waals surface area contributed by atoms with Gasteiger partial charge in [-0.2, -0.15) is 13.2 Å². The maximum atomic E-state index is 12.8. The van der Waals surface area contributed by atoms with Crippen molar-refractivity contribution in [1.82, 2.24) is 19.9 Å². The minimum atomic E-state index is -4.48. The van der Waals surface area contributed by atoms with Crippen LogP contribution in [0.2, 0.25) is 0 Å². The van der Waals surface area contributed by atoms with Gasteiger partial charge in [0.05, 0.1) is 17.8 Å². The monoisotopic (exact) mass is 411 g/mol. The molecule has 0 unspecified atom stereocenters. The number of aryl methyl sites for hydroxylation is 1. The Kier molecular flexibility index (Phi) is 4.59. The molecular formula is C16H13BrF3N5. The van der Waals surface area contributed by atoms with E-state index in [0.29, 0.717) is 27.3 Å². The van der Waals surface area contributed by atoms with Crippen molar-refractivity contribution in [2.24, 2.45) is 0 Å². The SMILES string of the molecule is Cc1nc(N[C@H](C)c2ccnc(C(F)(F)F)c2)c2cc(Br)ncc2n1. The summed E-state index contributed by atoms with van der Waals surface area (Å²) in [5.41, 5.74) is 0.185. The molecule has 0 spiro atoms. The van der Waals surface area contributed by atoms with Crippen LogP contribution < -0.4 is 5.32 Å². The highest BCUT2D eigenvalue weighted by Crippen LogP contribution is 2.30. The van der Waals surface area contributed by atoms with E-state index in [4.69, 9.17) is 0 Å². The molecule has 1 N–H and O–H groups in total. The molecule has 3 aromatic rings. The van der Waals surface area contributed by atoms with Gasteiger partial charge in [0.1, 0.15) is 21.9 Å². The molecule has 25 heavy (non-hydrogen) atoms. The highest BCUT2D eigenvalue weighted by atomic mass is 79.9. The van der Waals surface area contributed by atoms with Gasteiger partial charge in [-0.1, -0.05) is 0 Å². The lowest BCUT2D eigenvalue weighted by molar-refractivity contribution is -0.141. The van der Waals surface area contributed by atoms with E-state index in [1.54, 1.807) is 32.2 Å². The van der Waals surface area contributed by atoms with E-state index in [0.717, 1.165) is 17.6 Å². The van der Waals surface area contributed by atoms with Crippen LogP contribution in [0.4, 0.5) is 19.0 Å². The first-order valence-electron chi connectivity index (χ1n) is 7.33. The quantitative estimate of drug-likeness (QED) is 0.633. The first-order chi connectivity index (χ1) is 11.7. The molecule has 0 amide bonds. The Bertz CT molecular complexity index is 929. The number of anilines is 1. The molecule has 130 valence electrons. The third-order valence-electron chi connectivity index (χ3n) is 3.59. The number of hydrogen-bond donors (Lipinski definition) is 1. The molecule has 0 saturated carbocycles. The van der Waals surface area contributed by atoms with Crippen LogP contribution in [0.15, 0.2) is 35.2 Å². The van der Waals surface area contributed by atoms with Crippen molar-refractivity contribution < 1.29 is 13.2 Å². The topological polar surface area (TPSA) is 63.6 Å². The summed E-state index contributed by atoms with van der Waals surface area (Å²) < 4.78 is 39.2. The Labute approximate surface area is 149 Å². The number of fused-ring (bicyclic) bond motifs is 1. The number of nitrogens with zero attached hydrogens (tertiary/aromatic N) is 4. The lowest BCUT2D eigenvalue weighted by Crippen LogP contribution is -2.13. The first kappa shape index (κ1) is 17.5. The van der Waals surface area contributed by atoms with Crippen molar-refractivity contribution in [3.63, 3.8) is 0 Å². The average molecular weight is 412 g/mol. The molecule has 0 aromatic carbocycles. The maximum Gasteiger partial charge on any atom is 0.433 e. The van der Waals surface area contributed by atoms with Gasteiger partial charge in [-0.05, 0) is 53.5 Å². The number of pyridine rings is 2. The molecule has 9 heteroatoms. The van der Waals surface area contributed by atoms with E-state index in [9.17, 15) is 13.2 Å². The molecule has 3 aromatic heterocycles. The molecule has 1 atom stereocenters. The fourth-order valence-corrected chi connectivity index (χ4v) is 2.72. The van der Waals surface area contributed by atoms with Crippen molar-refractivity contribution in [3.05, 3.63) is 52.3 Å². The number of alkyl halides is 3. The summed E-state index contributed by atoms with van der Waals surface area (Å²) in [6, 6.07) is 3.93. The van der Waals surface area contributed by atoms with Crippen LogP contribution in [0.1, 0.15) is 30.0 Å². The largest absolute Gasteiger partial charge is 0.433 e. The van der Waals surface area contributed by atoms with Gasteiger partial charge in [-0.25, -0.2) is 15.0 Å². The zero-order chi connectivity index (χ0) is 18.2. The zero-order valence-corrected chi connectivity index (χ0v) is 14.9. The molecule has 0 radical (unpaired) electrons. The Balaban J connectivity index is 1.97. The summed E-state index contributed by atoms with van der Waals surface area (Å²) >= 11 is 3.30. The molecular weight excluding hydrogens is 399 g/mol. The van der Waals surface area contributed by atoms with Crippen LogP contribution in [0.25, 0.3) is 10.9 Å². The van der Waals surface area contributed by atoms with Crippen LogP contribution in [-0.4, -0.2) is 19.9 Å². The standard InChI is InChI=1S/C16H13BrF3N5/c1-8(10-3-4-21-13(5-10)16(18,19)20)23-15-11-6-14(17)22-7-12(11)24-9(2)25-15/h3-8H,1-2H3,(H,23,24,25)/t8-/m1/s1. The van der Waals surface area contributed by atoms with E-state index in [-0.39, 0.29) is 0 Å². The lowest BCUT2D eigenvalue weighted by atomic mass is 10.1. The van der Waals surface area contributed by atoms with Crippen LogP contribution in [0, 0.1) is 6.92 Å². The molecule has 0 fully saturated rings. The molecule has 3 rings (SSSR count). The third kappa shape index (κ3) is 3.87. The van der Waals surface area contributed by atoms with Crippen molar-refractivity contribution >= 4 is 32.7 Å². The predicted octanol–water partition coefficient (Wildman–Crippen LogP) is 4.68. The van der Waals surface area contributed by atoms with Crippen LogP contribution in [0.3, 0.4) is 0 Å². The van der Waals surface area contributed by atoms with Crippen molar-refractivity contribution in [2.45, 2.75) is 26.1 Å². The fraction of sp³-hybridized carbons (Fsp3) is 0.250. The van der Waals surface area contributed by atoms with E-state index in [1.807, 2.05) is 0 Å². The minimum Gasteiger partial charge on any atom is -0.363 e. The Morgan fingerprint density at radius 1 is 1.16 bits per heavy atom. The predicted molar refractivity (Wildman–Crippen MR) is 91.0 cm³/mol. The number of hydrogen-bond acceptors (Lipinski definition) is 5. The van der Waals surface area contributed by atoms with Crippen molar-refractivity contribution in [2.75, 3.05) is 5.32 Å². The molecule has 0 aliphatic rings. The minimum absolute atomic E-state index is 0.409. The molecule has 5 nitrogen and oxygen atoms in total. The number of aromatic nitrogens is 4. The lowest BCUT2D eigenvalue weighted by Gasteiger charge is -2.17. The van der Waals surface area contributed by atoms with Gasteiger partial charge in [0.15, 0.2) is 0 Å². The van der Waals surface area contributed by atoms with Gasteiger partial charge in [0.25, 0.3) is 0 Å². The van der Waals surface area contributed by atoms with E-state index in [2.05, 4.69) is 41.2 Å². The highest BCUT2D eigenvalue weighted by Gasteiger charge is 2.32. The van der Waals surface area contributed by atoms with Crippen LogP contribution in [-0.2, 0) is 6.18 Å². The third-order valence-corrected chi connectivity index (χ3v) is 4.02. The fourth-order valence-electron chi connectivity index (χ4n) is 2.39. The van der Waals surface area contributed by atoms with Gasteiger partial charge >= 0.3 is 6.18 Å². The second-order valence-corrected chi connectivity index (χ2v) is 6.29. The average Bonchev–Trinajstić information content (AvgIpc) is 2.55. The van der Waals surface area contributed by atoms with Crippen LogP contribution >= 0.6 is 15.9 Å². The smallest absolute Gasteiger partial charge is 0.363 e. The highest BCUT2D eigenvalue weighted by molar-refractivity contribution is 9.10. The summed E-state index contributed by atoms with van der Waals surface area (Å²) in [6.07, 6.45) is -1.72. The van der Waals surface area contributed by atoms with E-state index in [1.165, 1.54) is 0 Å². The zero-order valence-electron chi connectivity index (χ0n) is 13.3. The molecule has 3 heterocycles. The molecule has 0 bridgehead atoms. The van der Waals surface area contributed by atoms with Gasteiger partial charge in [0, 0.05) is 11.6 Å². The van der Waals surface area contributed by atoms with E-state index >= 15 is 0 Å². The van der Waals surface area contributed by atoms with Gasteiger partial charge in [0.2, 0.25) is 0 Å². The second-order valence-electron chi connectivity index (χ2n) is 5.48. The van der Waals surface area contributed by atoms with Crippen molar-refractivity contribution in [1.29, 1.82) is 0 Å². The summed E-state index contributed by atoms with van der Waals surface area (Å²) in [5.74, 6) is 1.07. The Morgan fingerprint density at radius 3 is 2.64 bits per heavy atom. The number of halogens is 4. The van der Waals surface area contributed by atoms with Crippen molar-refractivity contribution in [3.8, 4) is 0 Å². The molecule has 0 aliphatic heterocycles. The van der Waals surface area contributed by atoms with Gasteiger partial charge in [-0.15, -0.1) is 0 Å². The Hall–Kier alpha value is -2.29.